The summed E-state index contributed by atoms with van der Waals surface area (Å²) in [4.78, 5) is 15.5. The number of primary amides is 1. The van der Waals surface area contributed by atoms with Crippen molar-refractivity contribution in [2.75, 3.05) is 31.6 Å². The average molecular weight is 332 g/mol. The first-order chi connectivity index (χ1) is 11.1. The summed E-state index contributed by atoms with van der Waals surface area (Å²) in [6.45, 7) is 2.47. The van der Waals surface area contributed by atoms with Crippen LogP contribution in [0.4, 0.5) is 5.82 Å². The van der Waals surface area contributed by atoms with E-state index in [9.17, 15) is 4.79 Å². The maximum atomic E-state index is 11.1. The van der Waals surface area contributed by atoms with Crippen LogP contribution in [0.15, 0.2) is 36.4 Å². The lowest BCUT2D eigenvalue weighted by atomic mass is 10.0. The number of benzene rings is 1. The molecule has 1 aromatic heterocycles. The van der Waals surface area contributed by atoms with Gasteiger partial charge in [-0.15, -0.1) is 10.2 Å². The van der Waals surface area contributed by atoms with E-state index in [1.807, 2.05) is 18.2 Å². The molecule has 1 aliphatic heterocycles. The third-order valence-corrected chi connectivity index (χ3v) is 4.48. The minimum absolute atomic E-state index is 0.172. The molecule has 1 aliphatic rings. The number of carbonyl (C=O) groups is 1. The standard InChI is InChI=1S/C16H18ClN5O/c1-21-8-9-22(15-7-6-13(16(18)23)19-20-15)10-14(21)11-4-2-3-5-12(11)17/h2-7,14H,8-10H2,1H3,(H2,18,23). The van der Waals surface area contributed by atoms with Crippen LogP contribution >= 0.6 is 11.6 Å². The molecule has 2 aromatic rings. The molecule has 1 saturated heterocycles. The van der Waals surface area contributed by atoms with Crippen molar-refractivity contribution in [1.29, 1.82) is 0 Å². The maximum absolute atomic E-state index is 11.1. The van der Waals surface area contributed by atoms with Crippen molar-refractivity contribution in [2.24, 2.45) is 5.73 Å². The predicted molar refractivity (Wildman–Crippen MR) is 89.6 cm³/mol. The van der Waals surface area contributed by atoms with Crippen LogP contribution in [0.2, 0.25) is 5.02 Å². The van der Waals surface area contributed by atoms with Gasteiger partial charge in [0.1, 0.15) is 0 Å². The number of nitrogens with two attached hydrogens (primary N) is 1. The van der Waals surface area contributed by atoms with Crippen LogP contribution in [0.5, 0.6) is 0 Å². The van der Waals surface area contributed by atoms with Gasteiger partial charge in [-0.3, -0.25) is 9.69 Å². The molecule has 1 atom stereocenters. The summed E-state index contributed by atoms with van der Waals surface area (Å²) in [6, 6.07) is 11.4. The SMILES string of the molecule is CN1CCN(c2ccc(C(N)=O)nn2)CC1c1ccccc1Cl. The van der Waals surface area contributed by atoms with E-state index < -0.39 is 5.91 Å². The maximum Gasteiger partial charge on any atom is 0.269 e. The van der Waals surface area contributed by atoms with Crippen LogP contribution < -0.4 is 10.6 Å². The second-order valence-electron chi connectivity index (χ2n) is 5.60. The van der Waals surface area contributed by atoms with Crippen molar-refractivity contribution in [1.82, 2.24) is 15.1 Å². The molecule has 7 heteroatoms. The van der Waals surface area contributed by atoms with Crippen LogP contribution in [0.1, 0.15) is 22.1 Å². The monoisotopic (exact) mass is 331 g/mol. The highest BCUT2D eigenvalue weighted by molar-refractivity contribution is 6.31. The van der Waals surface area contributed by atoms with E-state index in [-0.39, 0.29) is 11.7 Å². The summed E-state index contributed by atoms with van der Waals surface area (Å²) in [6.07, 6.45) is 0. The normalized spacial score (nSPS) is 18.9. The smallest absolute Gasteiger partial charge is 0.269 e. The first-order valence-electron chi connectivity index (χ1n) is 7.39. The second kappa shape index (κ2) is 6.52. The lowest BCUT2D eigenvalue weighted by Crippen LogP contribution is -2.47. The van der Waals surface area contributed by atoms with Gasteiger partial charge in [0, 0.05) is 24.7 Å². The Morgan fingerprint density at radius 3 is 2.65 bits per heavy atom. The second-order valence-corrected chi connectivity index (χ2v) is 6.01. The molecular formula is C16H18ClN5O. The van der Waals surface area contributed by atoms with Crippen molar-refractivity contribution in [2.45, 2.75) is 6.04 Å². The Morgan fingerprint density at radius 1 is 1.22 bits per heavy atom. The average Bonchev–Trinajstić information content (AvgIpc) is 2.56. The summed E-state index contributed by atoms with van der Waals surface area (Å²) in [5, 5.41) is 8.77. The van der Waals surface area contributed by atoms with Crippen molar-refractivity contribution in [3.63, 3.8) is 0 Å². The Morgan fingerprint density at radius 2 is 2.00 bits per heavy atom. The zero-order valence-electron chi connectivity index (χ0n) is 12.8. The number of piperazine rings is 1. The lowest BCUT2D eigenvalue weighted by Gasteiger charge is -2.40. The first-order valence-corrected chi connectivity index (χ1v) is 7.77. The van der Waals surface area contributed by atoms with Crippen LogP contribution in [0, 0.1) is 0 Å². The number of carbonyl (C=O) groups excluding carboxylic acids is 1. The third-order valence-electron chi connectivity index (χ3n) is 4.14. The van der Waals surface area contributed by atoms with Crippen LogP contribution in [-0.4, -0.2) is 47.7 Å². The molecular weight excluding hydrogens is 314 g/mol. The number of anilines is 1. The number of amides is 1. The quantitative estimate of drug-likeness (QED) is 0.927. The fourth-order valence-corrected chi connectivity index (χ4v) is 3.05. The summed E-state index contributed by atoms with van der Waals surface area (Å²) < 4.78 is 0. The van der Waals surface area contributed by atoms with Gasteiger partial charge in [-0.05, 0) is 30.8 Å². The molecule has 0 saturated carbocycles. The number of rotatable bonds is 3. The Kier molecular flexibility index (Phi) is 4.45. The van der Waals surface area contributed by atoms with E-state index in [2.05, 4.69) is 33.1 Å². The van der Waals surface area contributed by atoms with E-state index in [0.29, 0.717) is 0 Å². The number of halogens is 1. The molecule has 0 aliphatic carbocycles. The van der Waals surface area contributed by atoms with Gasteiger partial charge < -0.3 is 10.6 Å². The number of hydrogen-bond donors (Lipinski definition) is 1. The molecule has 1 fully saturated rings. The summed E-state index contributed by atoms with van der Waals surface area (Å²) in [5.41, 5.74) is 6.47. The minimum atomic E-state index is -0.573. The van der Waals surface area contributed by atoms with Gasteiger partial charge in [0.15, 0.2) is 11.5 Å². The van der Waals surface area contributed by atoms with E-state index >= 15 is 0 Å². The Bertz CT molecular complexity index is 706. The van der Waals surface area contributed by atoms with Crippen molar-refractivity contribution < 1.29 is 4.79 Å². The zero-order chi connectivity index (χ0) is 16.4. The van der Waals surface area contributed by atoms with Crippen LogP contribution in [0.25, 0.3) is 0 Å². The fourth-order valence-electron chi connectivity index (χ4n) is 2.79. The largest absolute Gasteiger partial charge is 0.364 e. The van der Waals surface area contributed by atoms with Gasteiger partial charge in [-0.25, -0.2) is 0 Å². The van der Waals surface area contributed by atoms with E-state index in [1.165, 1.54) is 0 Å². The third kappa shape index (κ3) is 3.28. The highest BCUT2D eigenvalue weighted by atomic mass is 35.5. The number of likely N-dealkylation sites (N-methyl/N-ethyl adjacent to an activating group) is 1. The zero-order valence-corrected chi connectivity index (χ0v) is 13.6. The first kappa shape index (κ1) is 15.7. The summed E-state index contributed by atoms with van der Waals surface area (Å²) in [7, 11) is 2.09. The highest BCUT2D eigenvalue weighted by Crippen LogP contribution is 2.30. The Balaban J connectivity index is 1.83. The van der Waals surface area contributed by atoms with E-state index in [1.54, 1.807) is 12.1 Å². The van der Waals surface area contributed by atoms with Crippen LogP contribution in [0.3, 0.4) is 0 Å². The molecule has 1 aromatic carbocycles. The van der Waals surface area contributed by atoms with Crippen molar-refractivity contribution in [3.8, 4) is 0 Å². The van der Waals surface area contributed by atoms with Gasteiger partial charge in [-0.1, -0.05) is 29.8 Å². The minimum Gasteiger partial charge on any atom is -0.364 e. The van der Waals surface area contributed by atoms with Crippen LogP contribution in [-0.2, 0) is 0 Å². The Hall–Kier alpha value is -2.18. The highest BCUT2D eigenvalue weighted by Gasteiger charge is 2.28. The topological polar surface area (TPSA) is 75.3 Å². The number of hydrogen-bond acceptors (Lipinski definition) is 5. The molecule has 0 radical (unpaired) electrons. The van der Waals surface area contributed by atoms with Gasteiger partial charge in [0.25, 0.3) is 5.91 Å². The fraction of sp³-hybridized carbons (Fsp3) is 0.312. The molecule has 23 heavy (non-hydrogen) atoms. The van der Waals surface area contributed by atoms with Crippen molar-refractivity contribution >= 4 is 23.3 Å². The lowest BCUT2D eigenvalue weighted by molar-refractivity contribution is 0.0994. The molecule has 1 amide bonds. The number of aromatic nitrogens is 2. The molecule has 0 bridgehead atoms. The molecule has 1 unspecified atom stereocenters. The number of nitrogens with zero attached hydrogens (tertiary/aromatic N) is 4. The molecule has 2 N–H and O–H groups in total. The van der Waals surface area contributed by atoms with E-state index in [4.69, 9.17) is 17.3 Å². The molecule has 3 rings (SSSR count). The predicted octanol–water partition coefficient (Wildman–Crippen LogP) is 1.72. The van der Waals surface area contributed by atoms with Crippen molar-refractivity contribution in [3.05, 3.63) is 52.7 Å². The molecule has 2 heterocycles. The molecule has 0 spiro atoms. The van der Waals surface area contributed by atoms with Gasteiger partial charge in [0.05, 0.1) is 6.04 Å². The van der Waals surface area contributed by atoms with Gasteiger partial charge >= 0.3 is 0 Å². The van der Waals surface area contributed by atoms with Gasteiger partial charge in [-0.2, -0.15) is 0 Å². The molecule has 6 nitrogen and oxygen atoms in total. The van der Waals surface area contributed by atoms with Gasteiger partial charge in [0.2, 0.25) is 0 Å². The Labute approximate surface area is 139 Å². The summed E-state index contributed by atoms with van der Waals surface area (Å²) in [5.74, 6) is 0.163. The summed E-state index contributed by atoms with van der Waals surface area (Å²) >= 11 is 6.35. The van der Waals surface area contributed by atoms with E-state index in [0.717, 1.165) is 36.0 Å². The molecule has 120 valence electrons.